The van der Waals surface area contributed by atoms with Crippen LogP contribution in [-0.2, 0) is 19.1 Å². The molecule has 0 aliphatic carbocycles. The number of Topliss-reactive ketones (excluding diaryl/α,β-unsaturated/α-hetero) is 2. The molecular weight excluding hydrogens is 809 g/mol. The molecule has 15 heteroatoms. The monoisotopic (exact) mass is 850 g/mol. The lowest BCUT2D eigenvalue weighted by Crippen LogP contribution is -2.23. The number of nitrogens with one attached hydrogen (secondary N) is 4. The molecule has 4 N–H and O–H groups in total. The lowest BCUT2D eigenvalue weighted by Gasteiger charge is -2.14. The second kappa shape index (κ2) is 20.7. The average Bonchev–Trinajstić information content (AvgIpc) is 3.27. The minimum Gasteiger partial charge on any atom is -0.457 e. The van der Waals surface area contributed by atoms with E-state index in [9.17, 15) is 38.4 Å². The molecule has 5 aromatic carbocycles. The van der Waals surface area contributed by atoms with Gasteiger partial charge in [-0.25, -0.2) is 9.59 Å². The zero-order valence-corrected chi connectivity index (χ0v) is 34.7. The summed E-state index contributed by atoms with van der Waals surface area (Å²) < 4.78 is 16.2. The van der Waals surface area contributed by atoms with Gasteiger partial charge in [0.05, 0.1) is 22.3 Å². The molecule has 4 amide bonds. The Kier molecular flexibility index (Phi) is 15.0. The molecule has 0 unspecified atom stereocenters. The van der Waals surface area contributed by atoms with Gasteiger partial charge in [-0.3, -0.25) is 28.8 Å². The first-order chi connectivity index (χ1) is 30.0. The van der Waals surface area contributed by atoms with Crippen molar-refractivity contribution < 1.29 is 52.6 Å². The molecule has 0 saturated heterocycles. The Morgan fingerprint density at radius 3 is 1.40 bits per heavy atom. The van der Waals surface area contributed by atoms with Crippen LogP contribution in [0.3, 0.4) is 0 Å². The number of hydrogen-bond acceptors (Lipinski definition) is 11. The Hall–Kier alpha value is -8.46. The first kappa shape index (κ1) is 45.6. The number of anilines is 3. The lowest BCUT2D eigenvalue weighted by atomic mass is 10.0. The number of hydrogen-bond donors (Lipinski definition) is 4. The van der Waals surface area contributed by atoms with E-state index in [1.165, 1.54) is 81.6 Å². The van der Waals surface area contributed by atoms with Gasteiger partial charge in [0.2, 0.25) is 0 Å². The summed E-state index contributed by atoms with van der Waals surface area (Å²) >= 11 is 0. The highest BCUT2D eigenvalue weighted by atomic mass is 16.5. The third-order valence-corrected chi connectivity index (χ3v) is 9.06. The Bertz CT molecular complexity index is 2690. The highest BCUT2D eigenvalue weighted by Gasteiger charge is 2.24. The van der Waals surface area contributed by atoms with Crippen LogP contribution in [0.5, 0.6) is 11.5 Å². The predicted molar refractivity (Wildman–Crippen MR) is 234 cm³/mol. The molecular formula is C48H42N4O11. The van der Waals surface area contributed by atoms with Crippen molar-refractivity contribution in [3.63, 3.8) is 0 Å². The normalized spacial score (nSPS) is 10.3. The van der Waals surface area contributed by atoms with E-state index in [1.54, 1.807) is 42.5 Å². The number of carbonyl (C=O) groups is 8. The molecule has 0 aliphatic rings. The van der Waals surface area contributed by atoms with Crippen LogP contribution in [0.1, 0.15) is 81.6 Å². The van der Waals surface area contributed by atoms with Crippen LogP contribution in [0.4, 0.5) is 17.1 Å². The maximum atomic E-state index is 13.9. The Labute approximate surface area is 362 Å². The van der Waals surface area contributed by atoms with Crippen LogP contribution in [-0.4, -0.2) is 67.4 Å². The summed E-state index contributed by atoms with van der Waals surface area (Å²) in [5.74, 6) is -5.24. The molecule has 0 fully saturated rings. The van der Waals surface area contributed by atoms with Crippen molar-refractivity contribution in [3.8, 4) is 11.5 Å². The molecule has 0 radical (unpaired) electrons. The highest BCUT2D eigenvalue weighted by Crippen LogP contribution is 2.28. The first-order valence-corrected chi connectivity index (χ1v) is 19.1. The minimum atomic E-state index is -1.01. The van der Waals surface area contributed by atoms with Gasteiger partial charge in [0.1, 0.15) is 11.5 Å². The maximum Gasteiger partial charge on any atom is 0.339 e. The van der Waals surface area contributed by atoms with Gasteiger partial charge in [0, 0.05) is 35.2 Å². The zero-order chi connectivity index (χ0) is 45.8. The number of aryl methyl sites for hydroxylation is 1. The van der Waals surface area contributed by atoms with E-state index >= 15 is 0 Å². The van der Waals surface area contributed by atoms with Crippen LogP contribution in [0.15, 0.2) is 133 Å². The molecule has 0 atom stereocenters. The van der Waals surface area contributed by atoms with Crippen molar-refractivity contribution in [2.75, 3.05) is 36.2 Å². The summed E-state index contributed by atoms with van der Waals surface area (Å²) in [5, 5.41) is 10.7. The van der Waals surface area contributed by atoms with Crippen molar-refractivity contribution in [2.45, 2.75) is 20.8 Å². The number of benzene rings is 5. The Morgan fingerprint density at radius 2 is 0.937 bits per heavy atom. The second-order valence-corrected chi connectivity index (χ2v) is 14.0. The fourth-order valence-electron chi connectivity index (χ4n) is 5.61. The van der Waals surface area contributed by atoms with Crippen molar-refractivity contribution in [1.29, 1.82) is 0 Å². The van der Waals surface area contributed by atoms with Gasteiger partial charge in [0.25, 0.3) is 23.6 Å². The van der Waals surface area contributed by atoms with E-state index in [1.807, 2.05) is 13.0 Å². The van der Waals surface area contributed by atoms with Crippen LogP contribution in [0.25, 0.3) is 0 Å². The van der Waals surface area contributed by atoms with E-state index in [0.717, 1.165) is 5.56 Å². The lowest BCUT2D eigenvalue weighted by molar-refractivity contribution is -0.119. The van der Waals surface area contributed by atoms with Gasteiger partial charge in [-0.15, -0.1) is 0 Å². The average molecular weight is 851 g/mol. The molecule has 0 spiro atoms. The summed E-state index contributed by atoms with van der Waals surface area (Å²) in [5.41, 5.74) is 2.28. The summed E-state index contributed by atoms with van der Waals surface area (Å²) in [4.78, 5) is 103. The van der Waals surface area contributed by atoms with Crippen molar-refractivity contribution in [3.05, 3.63) is 172 Å². The fourth-order valence-corrected chi connectivity index (χ4v) is 5.61. The molecule has 0 bridgehead atoms. The molecule has 0 heterocycles. The topological polar surface area (TPSA) is 212 Å². The summed E-state index contributed by atoms with van der Waals surface area (Å²) in [6.45, 7) is 10.7. The van der Waals surface area contributed by atoms with Gasteiger partial charge >= 0.3 is 11.9 Å². The van der Waals surface area contributed by atoms with Gasteiger partial charge in [-0.2, -0.15) is 0 Å². The molecule has 0 saturated carbocycles. The van der Waals surface area contributed by atoms with Crippen LogP contribution in [0.2, 0.25) is 0 Å². The number of ketones is 2. The third kappa shape index (κ3) is 12.3. The highest BCUT2D eigenvalue weighted by molar-refractivity contribution is 6.13. The number of carbonyl (C=O) groups excluding carboxylic acids is 8. The molecule has 15 nitrogen and oxygen atoms in total. The minimum absolute atomic E-state index is 0.00817. The molecule has 63 heavy (non-hydrogen) atoms. The van der Waals surface area contributed by atoms with Gasteiger partial charge in [0.15, 0.2) is 24.8 Å². The SMILES string of the molecule is C=C(C)C(=O)COC(=O)c1ccc(Oc2ccc(C(=O)OCC(=O)C(=C)C)c(C(=O)Nc3cccc(C(=O)Nc4ccc(NC(=O)c5cccc(C)c5)cc4)c3)c2)cc1C(=O)NC. The van der Waals surface area contributed by atoms with E-state index in [-0.39, 0.29) is 62.1 Å². The number of ether oxygens (including phenoxy) is 3. The molecule has 5 aromatic rings. The molecule has 5 rings (SSSR count). The summed E-state index contributed by atoms with van der Waals surface area (Å²) in [6.07, 6.45) is 0. The summed E-state index contributed by atoms with van der Waals surface area (Å²) in [7, 11) is 1.35. The standard InChI is InChI=1S/C48H42N4O11/c1-27(2)41(53)25-61-47(59)37-19-17-35(23-39(37)45(57)49-6)63-36-18-20-38(48(60)62-26-42(54)28(3)4)40(24-36)46(58)52-34-12-8-11-31(22-34)44(56)51-33-15-13-32(14-16-33)50-43(55)30-10-7-9-29(5)21-30/h7-24H,1,3,25-26H2,2,4-6H3,(H,49,57)(H,50,55)(H,51,56)(H,52,58). The van der Waals surface area contributed by atoms with Gasteiger partial charge < -0.3 is 35.5 Å². The molecule has 320 valence electrons. The Morgan fingerprint density at radius 1 is 0.492 bits per heavy atom. The second-order valence-electron chi connectivity index (χ2n) is 14.0. The van der Waals surface area contributed by atoms with Crippen molar-refractivity contribution >= 4 is 64.2 Å². The van der Waals surface area contributed by atoms with E-state index in [4.69, 9.17) is 14.2 Å². The van der Waals surface area contributed by atoms with Crippen molar-refractivity contribution in [1.82, 2.24) is 5.32 Å². The largest absolute Gasteiger partial charge is 0.457 e. The Balaban J connectivity index is 1.35. The zero-order valence-electron chi connectivity index (χ0n) is 34.7. The van der Waals surface area contributed by atoms with Gasteiger partial charge in [-0.05, 0) is 123 Å². The van der Waals surface area contributed by atoms with E-state index in [2.05, 4.69) is 34.4 Å². The van der Waals surface area contributed by atoms with E-state index < -0.39 is 54.4 Å². The van der Waals surface area contributed by atoms with Crippen LogP contribution >= 0.6 is 0 Å². The first-order valence-electron chi connectivity index (χ1n) is 19.1. The summed E-state index contributed by atoms with van der Waals surface area (Å²) in [6, 6.07) is 27.3. The quantitative estimate of drug-likeness (QED) is 0.0531. The number of rotatable bonds is 17. The van der Waals surface area contributed by atoms with Crippen LogP contribution in [0, 0.1) is 6.92 Å². The van der Waals surface area contributed by atoms with E-state index in [0.29, 0.717) is 16.9 Å². The smallest absolute Gasteiger partial charge is 0.339 e. The molecule has 0 aliphatic heterocycles. The number of amides is 4. The van der Waals surface area contributed by atoms with Crippen LogP contribution < -0.4 is 26.0 Å². The molecule has 0 aromatic heterocycles. The third-order valence-electron chi connectivity index (χ3n) is 9.06. The van der Waals surface area contributed by atoms with Gasteiger partial charge in [-0.1, -0.05) is 36.9 Å². The number of esters is 2. The fraction of sp³-hybridized carbons (Fsp3) is 0.125. The van der Waals surface area contributed by atoms with Crippen molar-refractivity contribution in [2.24, 2.45) is 0 Å². The predicted octanol–water partition coefficient (Wildman–Crippen LogP) is 7.51. The maximum absolute atomic E-state index is 13.9.